The molecular formula is C16H20N4O2. The van der Waals surface area contributed by atoms with Crippen molar-refractivity contribution in [1.82, 2.24) is 15.3 Å². The number of nitrogens with zero attached hydrogens (tertiary/aromatic N) is 3. The summed E-state index contributed by atoms with van der Waals surface area (Å²) < 4.78 is 10.9. The second-order valence-electron chi connectivity index (χ2n) is 5.09. The minimum atomic E-state index is 0.616. The van der Waals surface area contributed by atoms with E-state index in [1.165, 1.54) is 0 Å². The number of hydrogen-bond acceptors (Lipinski definition) is 6. The van der Waals surface area contributed by atoms with Crippen molar-refractivity contribution in [3.8, 4) is 17.2 Å². The number of ether oxygens (including phenoxy) is 2. The first-order chi connectivity index (χ1) is 10.8. The molecule has 6 heteroatoms. The van der Waals surface area contributed by atoms with E-state index in [1.54, 1.807) is 19.5 Å². The highest BCUT2D eigenvalue weighted by atomic mass is 16.5. The van der Waals surface area contributed by atoms with Gasteiger partial charge in [-0.15, -0.1) is 0 Å². The third-order valence-corrected chi connectivity index (χ3v) is 3.51. The molecule has 0 saturated carbocycles. The highest BCUT2D eigenvalue weighted by Gasteiger charge is 2.12. The molecule has 1 aliphatic heterocycles. The molecule has 1 aromatic carbocycles. The third-order valence-electron chi connectivity index (χ3n) is 3.51. The molecule has 2 aromatic rings. The lowest BCUT2D eigenvalue weighted by atomic mass is 10.3. The van der Waals surface area contributed by atoms with Crippen LogP contribution in [0.25, 0.3) is 0 Å². The average molecular weight is 300 g/mol. The Balaban J connectivity index is 1.68. The molecule has 116 valence electrons. The first kappa shape index (κ1) is 14.6. The van der Waals surface area contributed by atoms with Crippen molar-refractivity contribution in [2.24, 2.45) is 0 Å². The zero-order chi connectivity index (χ0) is 15.2. The van der Waals surface area contributed by atoms with Gasteiger partial charge < -0.3 is 19.7 Å². The van der Waals surface area contributed by atoms with E-state index in [4.69, 9.17) is 9.47 Å². The van der Waals surface area contributed by atoms with Crippen molar-refractivity contribution in [1.29, 1.82) is 0 Å². The van der Waals surface area contributed by atoms with E-state index in [1.807, 2.05) is 24.3 Å². The summed E-state index contributed by atoms with van der Waals surface area (Å²) in [6.45, 7) is 3.91. The Morgan fingerprint density at radius 2 is 1.86 bits per heavy atom. The summed E-state index contributed by atoms with van der Waals surface area (Å²) >= 11 is 0. The standard InChI is InChI=1S/C16H20N4O2/c1-21-13-4-2-5-14(10-13)22-15-11-18-16(19-12-15)20-8-3-6-17-7-9-20/h2,4-5,10-12,17H,3,6-9H2,1H3. The summed E-state index contributed by atoms with van der Waals surface area (Å²) in [4.78, 5) is 11.0. The normalized spacial score (nSPS) is 15.2. The number of methoxy groups -OCH3 is 1. The second kappa shape index (κ2) is 7.09. The van der Waals surface area contributed by atoms with Gasteiger partial charge in [-0.1, -0.05) is 6.07 Å². The molecule has 1 N–H and O–H groups in total. The number of aromatic nitrogens is 2. The van der Waals surface area contributed by atoms with Crippen LogP contribution in [0.5, 0.6) is 17.2 Å². The molecule has 0 bridgehead atoms. The summed E-state index contributed by atoms with van der Waals surface area (Å²) in [6, 6.07) is 7.46. The smallest absolute Gasteiger partial charge is 0.225 e. The molecule has 0 atom stereocenters. The monoisotopic (exact) mass is 300 g/mol. The molecule has 0 amide bonds. The van der Waals surface area contributed by atoms with E-state index in [0.717, 1.165) is 44.3 Å². The lowest BCUT2D eigenvalue weighted by Gasteiger charge is -2.19. The van der Waals surface area contributed by atoms with Crippen LogP contribution < -0.4 is 19.7 Å². The zero-order valence-electron chi connectivity index (χ0n) is 12.7. The molecule has 22 heavy (non-hydrogen) atoms. The Labute approximate surface area is 130 Å². The molecule has 0 spiro atoms. The SMILES string of the molecule is COc1cccc(Oc2cnc(N3CCCNCC3)nc2)c1. The fourth-order valence-electron chi connectivity index (χ4n) is 2.37. The Morgan fingerprint density at radius 1 is 1.05 bits per heavy atom. The average Bonchev–Trinajstić information content (AvgIpc) is 2.85. The van der Waals surface area contributed by atoms with Gasteiger partial charge in [0, 0.05) is 25.7 Å². The van der Waals surface area contributed by atoms with E-state index in [0.29, 0.717) is 11.5 Å². The summed E-state index contributed by atoms with van der Waals surface area (Å²) in [5, 5.41) is 3.37. The van der Waals surface area contributed by atoms with Crippen molar-refractivity contribution >= 4 is 5.95 Å². The first-order valence-electron chi connectivity index (χ1n) is 7.45. The molecule has 6 nitrogen and oxygen atoms in total. The van der Waals surface area contributed by atoms with E-state index in [-0.39, 0.29) is 0 Å². The van der Waals surface area contributed by atoms with Crippen LogP contribution in [0.4, 0.5) is 5.95 Å². The Bertz CT molecular complexity index is 595. The number of benzene rings is 1. The van der Waals surface area contributed by atoms with E-state index >= 15 is 0 Å². The van der Waals surface area contributed by atoms with Gasteiger partial charge in [-0.3, -0.25) is 0 Å². The maximum atomic E-state index is 5.75. The first-order valence-corrected chi connectivity index (χ1v) is 7.45. The van der Waals surface area contributed by atoms with Gasteiger partial charge in [0.15, 0.2) is 5.75 Å². The highest BCUT2D eigenvalue weighted by molar-refractivity contribution is 5.37. The Kier molecular flexibility index (Phi) is 4.70. The predicted octanol–water partition coefficient (Wildman–Crippen LogP) is 2.08. The minimum Gasteiger partial charge on any atom is -0.497 e. The van der Waals surface area contributed by atoms with Crippen LogP contribution in [0.15, 0.2) is 36.7 Å². The van der Waals surface area contributed by atoms with Crippen molar-refractivity contribution in [3.63, 3.8) is 0 Å². The van der Waals surface area contributed by atoms with Crippen molar-refractivity contribution < 1.29 is 9.47 Å². The molecule has 1 aliphatic rings. The van der Waals surface area contributed by atoms with Crippen LogP contribution in [0.1, 0.15) is 6.42 Å². The Morgan fingerprint density at radius 3 is 2.68 bits per heavy atom. The molecule has 0 aliphatic carbocycles. The van der Waals surface area contributed by atoms with Crippen molar-refractivity contribution in [2.75, 3.05) is 38.2 Å². The number of hydrogen-bond donors (Lipinski definition) is 1. The number of nitrogens with one attached hydrogen (secondary N) is 1. The maximum Gasteiger partial charge on any atom is 0.225 e. The van der Waals surface area contributed by atoms with E-state index < -0.39 is 0 Å². The molecule has 3 rings (SSSR count). The number of rotatable bonds is 4. The van der Waals surface area contributed by atoms with Crippen LogP contribution >= 0.6 is 0 Å². The van der Waals surface area contributed by atoms with Gasteiger partial charge in [-0.05, 0) is 25.1 Å². The molecule has 1 fully saturated rings. The van der Waals surface area contributed by atoms with Gasteiger partial charge in [0.05, 0.1) is 19.5 Å². The highest BCUT2D eigenvalue weighted by Crippen LogP contribution is 2.24. The topological polar surface area (TPSA) is 59.5 Å². The Hall–Kier alpha value is -2.34. The van der Waals surface area contributed by atoms with Crippen LogP contribution in [-0.2, 0) is 0 Å². The lowest BCUT2D eigenvalue weighted by molar-refractivity contribution is 0.408. The van der Waals surface area contributed by atoms with Gasteiger partial charge in [0.1, 0.15) is 11.5 Å². The van der Waals surface area contributed by atoms with Crippen molar-refractivity contribution in [3.05, 3.63) is 36.7 Å². The molecule has 1 saturated heterocycles. The third kappa shape index (κ3) is 3.65. The van der Waals surface area contributed by atoms with E-state index in [9.17, 15) is 0 Å². The van der Waals surface area contributed by atoms with Crippen LogP contribution in [0, 0.1) is 0 Å². The van der Waals surface area contributed by atoms with Crippen molar-refractivity contribution in [2.45, 2.75) is 6.42 Å². The molecule has 1 aromatic heterocycles. The summed E-state index contributed by atoms with van der Waals surface area (Å²) in [5.41, 5.74) is 0. The van der Waals surface area contributed by atoms with Gasteiger partial charge in [-0.25, -0.2) is 9.97 Å². The fraction of sp³-hybridized carbons (Fsp3) is 0.375. The molecule has 0 unspecified atom stereocenters. The maximum absolute atomic E-state index is 5.75. The zero-order valence-corrected chi connectivity index (χ0v) is 12.7. The predicted molar refractivity (Wildman–Crippen MR) is 84.8 cm³/mol. The van der Waals surface area contributed by atoms with Crippen LogP contribution in [0.2, 0.25) is 0 Å². The summed E-state index contributed by atoms with van der Waals surface area (Å²) in [5.74, 6) is 2.83. The quantitative estimate of drug-likeness (QED) is 0.933. The van der Waals surface area contributed by atoms with E-state index in [2.05, 4.69) is 20.2 Å². The van der Waals surface area contributed by atoms with Gasteiger partial charge >= 0.3 is 0 Å². The molecule has 0 radical (unpaired) electrons. The minimum absolute atomic E-state index is 0.616. The summed E-state index contributed by atoms with van der Waals surface area (Å²) in [6.07, 6.45) is 4.52. The van der Waals surface area contributed by atoms with Gasteiger partial charge in [-0.2, -0.15) is 0 Å². The fourth-order valence-corrected chi connectivity index (χ4v) is 2.37. The van der Waals surface area contributed by atoms with Crippen LogP contribution in [-0.4, -0.2) is 43.3 Å². The second-order valence-corrected chi connectivity index (χ2v) is 5.09. The molecular weight excluding hydrogens is 280 g/mol. The lowest BCUT2D eigenvalue weighted by Crippen LogP contribution is -2.29. The summed E-state index contributed by atoms with van der Waals surface area (Å²) in [7, 11) is 1.63. The largest absolute Gasteiger partial charge is 0.497 e. The van der Waals surface area contributed by atoms with Gasteiger partial charge in [0.25, 0.3) is 0 Å². The molecule has 2 heterocycles. The van der Waals surface area contributed by atoms with Gasteiger partial charge in [0.2, 0.25) is 5.95 Å². The number of anilines is 1. The van der Waals surface area contributed by atoms with Crippen LogP contribution in [0.3, 0.4) is 0 Å².